The Kier molecular flexibility index (Phi) is 5.27. The number of hydrogen-bond acceptors (Lipinski definition) is 4. The van der Waals surface area contributed by atoms with Gasteiger partial charge < -0.3 is 10.1 Å². The Morgan fingerprint density at radius 2 is 1.77 bits per heavy atom. The normalized spacial score (nSPS) is 18.0. The van der Waals surface area contributed by atoms with Gasteiger partial charge in [0, 0.05) is 36.2 Å². The summed E-state index contributed by atoms with van der Waals surface area (Å²) in [5.41, 5.74) is 5.76. The Morgan fingerprint density at radius 1 is 1.07 bits per heavy atom. The van der Waals surface area contributed by atoms with E-state index in [1.54, 1.807) is 11.1 Å². The van der Waals surface area contributed by atoms with E-state index in [9.17, 15) is 4.79 Å². The summed E-state index contributed by atoms with van der Waals surface area (Å²) in [5.74, 6) is 0.0634. The molecule has 2 aliphatic rings. The van der Waals surface area contributed by atoms with E-state index in [1.165, 1.54) is 22.3 Å². The van der Waals surface area contributed by atoms with Gasteiger partial charge in [-0.15, -0.1) is 0 Å². The fourth-order valence-electron chi connectivity index (χ4n) is 4.45. The molecule has 1 amide bonds. The Balaban J connectivity index is 1.35. The smallest absolute Gasteiger partial charge is 0.410 e. The van der Waals surface area contributed by atoms with Crippen molar-refractivity contribution in [3.05, 3.63) is 88.2 Å². The fraction of sp³-hybridized carbons (Fsp3) is 0.250. The van der Waals surface area contributed by atoms with Crippen LogP contribution in [-0.2, 0) is 4.74 Å². The van der Waals surface area contributed by atoms with Crippen molar-refractivity contribution in [3.8, 4) is 11.1 Å². The van der Waals surface area contributed by atoms with E-state index in [0.717, 1.165) is 16.7 Å². The number of halogens is 1. The summed E-state index contributed by atoms with van der Waals surface area (Å²) in [6.45, 7) is 2.34. The lowest BCUT2D eigenvalue weighted by Gasteiger charge is -2.35. The number of hydrogen-bond donors (Lipinski definition) is 1. The Labute approximate surface area is 184 Å². The quantitative estimate of drug-likeness (QED) is 0.609. The average Bonchev–Trinajstić information content (AvgIpc) is 3.12. The molecule has 1 aliphatic carbocycles. The molecule has 0 spiro atoms. The van der Waals surface area contributed by atoms with Crippen LogP contribution in [0.25, 0.3) is 11.1 Å². The van der Waals surface area contributed by atoms with Gasteiger partial charge in [-0.1, -0.05) is 48.5 Å². The van der Waals surface area contributed by atoms with Crippen molar-refractivity contribution in [3.63, 3.8) is 0 Å². The van der Waals surface area contributed by atoms with Crippen LogP contribution in [-0.4, -0.2) is 42.2 Å². The minimum atomic E-state index is -0.284. The van der Waals surface area contributed by atoms with Crippen molar-refractivity contribution in [2.75, 3.05) is 26.2 Å². The van der Waals surface area contributed by atoms with Crippen LogP contribution in [0.2, 0.25) is 0 Å². The number of fused-ring (bicyclic) bond motifs is 3. The maximum absolute atomic E-state index is 13.1. The third-order valence-electron chi connectivity index (χ3n) is 5.91. The molecule has 1 atom stereocenters. The molecule has 0 saturated carbocycles. The second-order valence-corrected chi connectivity index (χ2v) is 8.53. The lowest BCUT2D eigenvalue weighted by atomic mass is 9.98. The van der Waals surface area contributed by atoms with E-state index in [4.69, 9.17) is 4.74 Å². The van der Waals surface area contributed by atoms with E-state index in [2.05, 4.69) is 62.6 Å². The molecule has 1 fully saturated rings. The third kappa shape index (κ3) is 3.50. The van der Waals surface area contributed by atoms with Gasteiger partial charge in [-0.3, -0.25) is 9.88 Å². The molecule has 1 aromatic heterocycles. The lowest BCUT2D eigenvalue weighted by Crippen LogP contribution is -2.49. The molecule has 3 aromatic rings. The zero-order valence-corrected chi connectivity index (χ0v) is 18.0. The highest BCUT2D eigenvalue weighted by atomic mass is 79.9. The second-order valence-electron chi connectivity index (χ2n) is 7.62. The average molecular weight is 464 g/mol. The van der Waals surface area contributed by atoms with Crippen LogP contribution in [0.5, 0.6) is 0 Å². The van der Waals surface area contributed by atoms with Gasteiger partial charge in [-0.05, 0) is 50.3 Å². The summed E-state index contributed by atoms with van der Waals surface area (Å²) in [6.07, 6.45) is 1.48. The predicted molar refractivity (Wildman–Crippen MR) is 119 cm³/mol. The molecule has 5 nitrogen and oxygen atoms in total. The largest absolute Gasteiger partial charge is 0.448 e. The number of aromatic nitrogens is 1. The van der Waals surface area contributed by atoms with Crippen LogP contribution in [0.1, 0.15) is 28.8 Å². The van der Waals surface area contributed by atoms with Gasteiger partial charge in [-0.2, -0.15) is 0 Å². The molecule has 0 bridgehead atoms. The zero-order valence-electron chi connectivity index (χ0n) is 16.4. The molecule has 6 heteroatoms. The Hall–Kier alpha value is -2.70. The molecule has 1 unspecified atom stereocenters. The van der Waals surface area contributed by atoms with Gasteiger partial charge in [0.05, 0.1) is 11.7 Å². The van der Waals surface area contributed by atoms with E-state index < -0.39 is 0 Å². The van der Waals surface area contributed by atoms with Crippen LogP contribution in [0.4, 0.5) is 4.79 Å². The highest BCUT2D eigenvalue weighted by Gasteiger charge is 2.33. The van der Waals surface area contributed by atoms with Crippen molar-refractivity contribution in [1.29, 1.82) is 0 Å². The monoisotopic (exact) mass is 463 g/mol. The molecule has 0 radical (unpaired) electrons. The summed E-state index contributed by atoms with van der Waals surface area (Å²) in [5, 5.41) is 3.35. The summed E-state index contributed by atoms with van der Waals surface area (Å²) >= 11 is 3.42. The highest BCUT2D eigenvalue weighted by molar-refractivity contribution is 9.10. The second kappa shape index (κ2) is 8.20. The van der Waals surface area contributed by atoms with E-state index in [-0.39, 0.29) is 18.1 Å². The minimum absolute atomic E-state index is 0.0634. The molecular formula is C24H22BrN3O2. The number of ether oxygens (including phenoxy) is 1. The number of piperazine rings is 1. The molecular weight excluding hydrogens is 442 g/mol. The number of rotatable bonds is 3. The van der Waals surface area contributed by atoms with E-state index in [0.29, 0.717) is 19.7 Å². The van der Waals surface area contributed by atoms with Crippen molar-refractivity contribution in [2.45, 2.75) is 12.0 Å². The zero-order chi connectivity index (χ0) is 20.5. The Bertz CT molecular complexity index is 1020. The molecule has 152 valence electrons. The van der Waals surface area contributed by atoms with Crippen LogP contribution in [0.3, 0.4) is 0 Å². The minimum Gasteiger partial charge on any atom is -0.448 e. The van der Waals surface area contributed by atoms with E-state index >= 15 is 0 Å². The maximum atomic E-state index is 13.1. The Morgan fingerprint density at radius 3 is 2.43 bits per heavy atom. The summed E-state index contributed by atoms with van der Waals surface area (Å²) in [6, 6.07) is 20.5. The van der Waals surface area contributed by atoms with Gasteiger partial charge in [0.2, 0.25) is 0 Å². The fourth-order valence-corrected chi connectivity index (χ4v) is 4.68. The number of carbonyl (C=O) groups is 1. The van der Waals surface area contributed by atoms with Crippen LogP contribution in [0, 0.1) is 0 Å². The maximum Gasteiger partial charge on any atom is 0.410 e. The van der Waals surface area contributed by atoms with Crippen LogP contribution in [0.15, 0.2) is 71.3 Å². The van der Waals surface area contributed by atoms with Gasteiger partial charge in [0.15, 0.2) is 0 Å². The molecule has 2 heterocycles. The molecule has 2 aromatic carbocycles. The number of benzene rings is 2. The number of pyridine rings is 1. The van der Waals surface area contributed by atoms with Crippen LogP contribution >= 0.6 is 15.9 Å². The van der Waals surface area contributed by atoms with Crippen LogP contribution < -0.4 is 5.32 Å². The first kappa shape index (κ1) is 19.3. The van der Waals surface area contributed by atoms with Gasteiger partial charge in [-0.25, -0.2) is 4.79 Å². The van der Waals surface area contributed by atoms with Gasteiger partial charge >= 0.3 is 6.09 Å². The summed E-state index contributed by atoms with van der Waals surface area (Å²) in [4.78, 5) is 19.4. The molecule has 1 aliphatic heterocycles. The summed E-state index contributed by atoms with van der Waals surface area (Å²) < 4.78 is 6.80. The predicted octanol–water partition coefficient (Wildman–Crippen LogP) is 4.74. The summed E-state index contributed by atoms with van der Waals surface area (Å²) in [7, 11) is 0. The van der Waals surface area contributed by atoms with Crippen molar-refractivity contribution >= 4 is 22.0 Å². The van der Waals surface area contributed by atoms with Gasteiger partial charge in [0.1, 0.15) is 6.61 Å². The lowest BCUT2D eigenvalue weighted by molar-refractivity contribution is 0.0743. The standard InChI is InChI=1S/C24H22BrN3O2/c25-16-9-10-22(27-13-16)23-14-26-11-12-28(23)24(29)30-15-21-19-7-3-1-5-17(19)18-6-2-4-8-20(18)21/h1-10,13,21,23,26H,11-12,14-15H2. The first-order valence-corrected chi connectivity index (χ1v) is 11.0. The topological polar surface area (TPSA) is 54.5 Å². The molecule has 30 heavy (non-hydrogen) atoms. The van der Waals surface area contributed by atoms with Gasteiger partial charge in [0.25, 0.3) is 0 Å². The first-order valence-electron chi connectivity index (χ1n) is 10.2. The van der Waals surface area contributed by atoms with E-state index in [1.807, 2.05) is 24.3 Å². The highest BCUT2D eigenvalue weighted by Crippen LogP contribution is 2.44. The SMILES string of the molecule is O=C(OCC1c2ccccc2-c2ccccc21)N1CCNCC1c1ccc(Br)cn1. The molecule has 1 saturated heterocycles. The molecule has 1 N–H and O–H groups in total. The number of carbonyl (C=O) groups excluding carboxylic acids is 1. The van der Waals surface area contributed by atoms with Crippen molar-refractivity contribution in [1.82, 2.24) is 15.2 Å². The number of nitrogens with one attached hydrogen (secondary N) is 1. The number of nitrogens with zero attached hydrogens (tertiary/aromatic N) is 2. The van der Waals surface area contributed by atoms with Crippen molar-refractivity contribution in [2.24, 2.45) is 0 Å². The number of amides is 1. The van der Waals surface area contributed by atoms with Crippen molar-refractivity contribution < 1.29 is 9.53 Å². The molecule has 5 rings (SSSR count). The third-order valence-corrected chi connectivity index (χ3v) is 6.37. The first-order chi connectivity index (χ1) is 14.7.